The van der Waals surface area contributed by atoms with Crippen LogP contribution in [0, 0.1) is 6.07 Å². The summed E-state index contributed by atoms with van der Waals surface area (Å²) in [7, 11) is 4.14. The van der Waals surface area contributed by atoms with Crippen molar-refractivity contribution in [2.45, 2.75) is 26.2 Å². The van der Waals surface area contributed by atoms with E-state index in [1.807, 2.05) is 12.1 Å². The van der Waals surface area contributed by atoms with Crippen molar-refractivity contribution in [1.82, 2.24) is 0 Å². The molecular weight excluding hydrogens is 158 g/mol. The summed E-state index contributed by atoms with van der Waals surface area (Å²) in [6, 6.07) is 9.46. The van der Waals surface area contributed by atoms with Gasteiger partial charge in [-0.1, -0.05) is 32.9 Å². The second-order valence-corrected chi connectivity index (χ2v) is 4.57. The first-order chi connectivity index (χ1) is 5.93. The molecule has 0 aliphatic carbocycles. The van der Waals surface area contributed by atoms with Gasteiger partial charge in [0.05, 0.1) is 0 Å². The lowest BCUT2D eigenvalue weighted by atomic mass is 9.85. The molecule has 0 atom stereocenters. The molecule has 71 valence electrons. The van der Waals surface area contributed by atoms with Crippen LogP contribution in [0.5, 0.6) is 0 Å². The molecular formula is C12H18N. The lowest BCUT2D eigenvalue weighted by Crippen LogP contribution is -2.19. The molecule has 0 heterocycles. The highest BCUT2D eigenvalue weighted by Crippen LogP contribution is 2.29. The lowest BCUT2D eigenvalue weighted by molar-refractivity contribution is 0.589. The number of rotatable bonds is 1. The van der Waals surface area contributed by atoms with Crippen LogP contribution in [0.1, 0.15) is 26.3 Å². The van der Waals surface area contributed by atoms with E-state index >= 15 is 0 Å². The molecule has 1 nitrogen and oxygen atoms in total. The van der Waals surface area contributed by atoms with Crippen LogP contribution in [0.25, 0.3) is 0 Å². The average molecular weight is 176 g/mol. The molecule has 0 saturated carbocycles. The van der Waals surface area contributed by atoms with E-state index in [9.17, 15) is 0 Å². The minimum absolute atomic E-state index is 0.168. The van der Waals surface area contributed by atoms with Crippen molar-refractivity contribution in [3.05, 3.63) is 29.8 Å². The van der Waals surface area contributed by atoms with Crippen LogP contribution in [0.2, 0.25) is 0 Å². The zero-order valence-corrected chi connectivity index (χ0v) is 9.18. The molecule has 1 aromatic carbocycles. The van der Waals surface area contributed by atoms with Crippen LogP contribution >= 0.6 is 0 Å². The Hall–Kier alpha value is -0.980. The van der Waals surface area contributed by atoms with E-state index < -0.39 is 0 Å². The van der Waals surface area contributed by atoms with Gasteiger partial charge in [0.25, 0.3) is 0 Å². The van der Waals surface area contributed by atoms with Crippen LogP contribution in [-0.2, 0) is 5.41 Å². The van der Waals surface area contributed by atoms with Gasteiger partial charge >= 0.3 is 0 Å². The van der Waals surface area contributed by atoms with Gasteiger partial charge in [0.2, 0.25) is 0 Å². The van der Waals surface area contributed by atoms with Crippen molar-refractivity contribution in [3.8, 4) is 0 Å². The average Bonchev–Trinajstić information content (AvgIpc) is 2.03. The highest BCUT2D eigenvalue weighted by molar-refractivity contribution is 5.54. The maximum atomic E-state index is 3.32. The van der Waals surface area contributed by atoms with Gasteiger partial charge in [0, 0.05) is 19.8 Å². The third-order valence-corrected chi connectivity index (χ3v) is 2.07. The number of anilines is 1. The summed E-state index contributed by atoms with van der Waals surface area (Å²) in [4.78, 5) is 2.14. The molecule has 0 bridgehead atoms. The first-order valence-corrected chi connectivity index (χ1v) is 4.61. The zero-order valence-electron chi connectivity index (χ0n) is 9.18. The minimum Gasteiger partial charge on any atom is -0.377 e. The molecule has 0 unspecified atom stereocenters. The molecule has 0 saturated heterocycles. The van der Waals surface area contributed by atoms with Gasteiger partial charge in [0.15, 0.2) is 0 Å². The molecule has 0 N–H and O–H groups in total. The fraction of sp³-hybridized carbons (Fsp3) is 0.500. The molecule has 0 fully saturated rings. The van der Waals surface area contributed by atoms with Crippen molar-refractivity contribution in [1.29, 1.82) is 0 Å². The molecule has 0 amide bonds. The summed E-state index contributed by atoms with van der Waals surface area (Å²) in [5.41, 5.74) is 2.70. The third kappa shape index (κ3) is 2.24. The van der Waals surface area contributed by atoms with Crippen LogP contribution in [0.15, 0.2) is 18.2 Å². The normalized spacial score (nSPS) is 11.5. The maximum Gasteiger partial charge on any atom is 0.0405 e. The fourth-order valence-electron chi connectivity index (χ4n) is 1.40. The second kappa shape index (κ2) is 3.41. The molecule has 1 rings (SSSR count). The first-order valence-electron chi connectivity index (χ1n) is 4.61. The Morgan fingerprint density at radius 1 is 1.23 bits per heavy atom. The van der Waals surface area contributed by atoms with Gasteiger partial charge in [0.1, 0.15) is 0 Å². The number of benzene rings is 1. The Labute approximate surface area is 81.4 Å². The monoisotopic (exact) mass is 176 g/mol. The van der Waals surface area contributed by atoms with E-state index in [0.717, 1.165) is 0 Å². The van der Waals surface area contributed by atoms with Crippen molar-refractivity contribution in [2.24, 2.45) is 0 Å². The standard InChI is InChI=1S/C12H18N/c1-12(2,3)10-8-6-7-9-11(10)13(4)5/h6-7,9H,1-5H3. The van der Waals surface area contributed by atoms with Crippen molar-refractivity contribution >= 4 is 5.69 Å². The van der Waals surface area contributed by atoms with Crippen LogP contribution < -0.4 is 4.90 Å². The van der Waals surface area contributed by atoms with E-state index in [0.29, 0.717) is 0 Å². The lowest BCUT2D eigenvalue weighted by Gasteiger charge is -2.26. The van der Waals surface area contributed by atoms with Crippen LogP contribution in [0.3, 0.4) is 0 Å². The molecule has 1 aromatic rings. The maximum absolute atomic E-state index is 3.32. The molecule has 0 aromatic heterocycles. The summed E-state index contributed by atoms with van der Waals surface area (Å²) in [6.07, 6.45) is 0. The number of nitrogens with zero attached hydrogens (tertiary/aromatic N) is 1. The van der Waals surface area contributed by atoms with E-state index in [4.69, 9.17) is 0 Å². The summed E-state index contributed by atoms with van der Waals surface area (Å²) < 4.78 is 0. The molecule has 0 aliphatic rings. The highest BCUT2D eigenvalue weighted by Gasteiger charge is 2.18. The predicted molar refractivity (Wildman–Crippen MR) is 58.3 cm³/mol. The molecule has 1 heteroatoms. The number of hydrogen-bond acceptors (Lipinski definition) is 1. The minimum atomic E-state index is 0.168. The Kier molecular flexibility index (Phi) is 2.65. The Balaban J connectivity index is 3.20. The van der Waals surface area contributed by atoms with Crippen LogP contribution in [0.4, 0.5) is 5.69 Å². The van der Waals surface area contributed by atoms with Crippen molar-refractivity contribution in [2.75, 3.05) is 19.0 Å². The molecule has 1 radical (unpaired) electrons. The summed E-state index contributed by atoms with van der Waals surface area (Å²) in [6.45, 7) is 6.64. The molecule has 13 heavy (non-hydrogen) atoms. The Bertz CT molecular complexity index is 281. The Morgan fingerprint density at radius 3 is 2.23 bits per heavy atom. The molecule has 0 spiro atoms. The third-order valence-electron chi connectivity index (χ3n) is 2.07. The zero-order chi connectivity index (χ0) is 10.1. The summed E-state index contributed by atoms with van der Waals surface area (Å²) in [5.74, 6) is 0. The quantitative estimate of drug-likeness (QED) is 0.636. The van der Waals surface area contributed by atoms with E-state index in [2.05, 4.69) is 51.9 Å². The van der Waals surface area contributed by atoms with Gasteiger partial charge in [-0.2, -0.15) is 0 Å². The highest BCUT2D eigenvalue weighted by atomic mass is 15.1. The van der Waals surface area contributed by atoms with E-state index in [1.54, 1.807) is 0 Å². The van der Waals surface area contributed by atoms with Gasteiger partial charge in [-0.3, -0.25) is 0 Å². The largest absolute Gasteiger partial charge is 0.377 e. The smallest absolute Gasteiger partial charge is 0.0405 e. The fourth-order valence-corrected chi connectivity index (χ4v) is 1.40. The van der Waals surface area contributed by atoms with Crippen molar-refractivity contribution in [3.63, 3.8) is 0 Å². The second-order valence-electron chi connectivity index (χ2n) is 4.57. The van der Waals surface area contributed by atoms with Gasteiger partial charge in [-0.15, -0.1) is 0 Å². The first kappa shape index (κ1) is 10.1. The van der Waals surface area contributed by atoms with Gasteiger partial charge in [-0.05, 0) is 23.1 Å². The van der Waals surface area contributed by atoms with E-state index in [1.165, 1.54) is 11.3 Å². The predicted octanol–water partition coefficient (Wildman–Crippen LogP) is 2.85. The SMILES string of the molecule is CN(C)c1ccc[c]c1C(C)(C)C. The molecule has 0 aliphatic heterocycles. The number of hydrogen-bond donors (Lipinski definition) is 0. The summed E-state index contributed by atoms with van der Waals surface area (Å²) in [5, 5.41) is 0. The topological polar surface area (TPSA) is 3.24 Å². The van der Waals surface area contributed by atoms with Crippen LogP contribution in [-0.4, -0.2) is 14.1 Å². The van der Waals surface area contributed by atoms with E-state index in [-0.39, 0.29) is 5.41 Å². The summed E-state index contributed by atoms with van der Waals surface area (Å²) >= 11 is 0. The van der Waals surface area contributed by atoms with Gasteiger partial charge < -0.3 is 4.90 Å². The van der Waals surface area contributed by atoms with Crippen molar-refractivity contribution < 1.29 is 0 Å². The Morgan fingerprint density at radius 2 is 1.85 bits per heavy atom. The van der Waals surface area contributed by atoms with Gasteiger partial charge in [-0.25, -0.2) is 0 Å².